The van der Waals surface area contributed by atoms with Crippen molar-refractivity contribution in [2.45, 2.75) is 4.90 Å². The average molecular weight is 363 g/mol. The van der Waals surface area contributed by atoms with Crippen molar-refractivity contribution in [3.8, 4) is 28.1 Å². The van der Waals surface area contributed by atoms with Gasteiger partial charge in [0, 0.05) is 33.8 Å². The molecule has 5 nitrogen and oxygen atoms in total. The van der Waals surface area contributed by atoms with Crippen LogP contribution < -0.4 is 10.3 Å². The first kappa shape index (κ1) is 16.5. The molecule has 4 rings (SSSR count). The fourth-order valence-corrected chi connectivity index (χ4v) is 3.36. The van der Waals surface area contributed by atoms with E-state index >= 15 is 0 Å². The number of H-pyrrole nitrogens is 1. The first-order valence-electron chi connectivity index (χ1n) is 8.10. The second-order valence-corrected chi connectivity index (χ2v) is 6.63. The molecule has 0 aliphatic heterocycles. The number of methoxy groups -OCH3 is 1. The molecule has 0 aliphatic rings. The summed E-state index contributed by atoms with van der Waals surface area (Å²) in [7, 11) is 1.63. The molecule has 0 bridgehead atoms. The van der Waals surface area contributed by atoms with E-state index in [1.165, 1.54) is 9.41 Å². The number of hydrogen-bond acceptors (Lipinski definition) is 4. The normalized spacial score (nSPS) is 11.0. The number of benzene rings is 2. The van der Waals surface area contributed by atoms with E-state index in [4.69, 9.17) is 9.72 Å². The lowest BCUT2D eigenvalue weighted by Gasteiger charge is -2.07. The van der Waals surface area contributed by atoms with E-state index in [-0.39, 0.29) is 5.56 Å². The summed E-state index contributed by atoms with van der Waals surface area (Å²) in [5.74, 6) is 0.734. The third-order valence-corrected chi connectivity index (χ3v) is 5.02. The second-order valence-electron chi connectivity index (χ2n) is 5.75. The van der Waals surface area contributed by atoms with Crippen molar-refractivity contribution in [2.75, 3.05) is 13.4 Å². The quantitative estimate of drug-likeness (QED) is 0.555. The number of nitrogens with one attached hydrogen (secondary N) is 1. The maximum Gasteiger partial charge on any atom is 0.273 e. The molecule has 0 saturated carbocycles. The molecule has 0 aliphatic carbocycles. The minimum absolute atomic E-state index is 0.153. The van der Waals surface area contributed by atoms with Gasteiger partial charge in [0.25, 0.3) is 5.56 Å². The van der Waals surface area contributed by atoms with Crippen molar-refractivity contribution in [3.63, 3.8) is 0 Å². The van der Waals surface area contributed by atoms with Crippen LogP contribution in [0.25, 0.3) is 28.0 Å². The Balaban J connectivity index is 1.92. The summed E-state index contributed by atoms with van der Waals surface area (Å²) in [6, 6.07) is 17.3. The molecular formula is C20H17N3O2S. The Morgan fingerprint density at radius 1 is 1.08 bits per heavy atom. The highest BCUT2D eigenvalue weighted by Crippen LogP contribution is 2.32. The van der Waals surface area contributed by atoms with Gasteiger partial charge in [-0.25, -0.2) is 9.50 Å². The molecule has 0 amide bonds. The van der Waals surface area contributed by atoms with E-state index in [0.29, 0.717) is 11.3 Å². The maximum absolute atomic E-state index is 12.6. The molecule has 26 heavy (non-hydrogen) atoms. The van der Waals surface area contributed by atoms with Crippen LogP contribution in [0.2, 0.25) is 0 Å². The number of fused-ring (bicyclic) bond motifs is 1. The van der Waals surface area contributed by atoms with Crippen LogP contribution >= 0.6 is 11.8 Å². The Kier molecular flexibility index (Phi) is 4.26. The van der Waals surface area contributed by atoms with Crippen molar-refractivity contribution in [2.24, 2.45) is 0 Å². The fraction of sp³-hybridized carbons (Fsp3) is 0.100. The summed E-state index contributed by atoms with van der Waals surface area (Å²) in [6.07, 6.45) is 3.81. The van der Waals surface area contributed by atoms with Crippen LogP contribution in [-0.4, -0.2) is 28.0 Å². The topological polar surface area (TPSA) is 59.4 Å². The van der Waals surface area contributed by atoms with Gasteiger partial charge >= 0.3 is 0 Å². The molecule has 1 N–H and O–H groups in total. The van der Waals surface area contributed by atoms with Crippen LogP contribution in [0.4, 0.5) is 0 Å². The monoisotopic (exact) mass is 363 g/mol. The number of rotatable bonds is 4. The largest absolute Gasteiger partial charge is 0.496 e. The Morgan fingerprint density at radius 3 is 2.58 bits per heavy atom. The molecule has 2 aromatic heterocycles. The second kappa shape index (κ2) is 6.72. The number of aromatic nitrogens is 3. The van der Waals surface area contributed by atoms with Crippen LogP contribution in [0.3, 0.4) is 0 Å². The summed E-state index contributed by atoms with van der Waals surface area (Å²) in [4.78, 5) is 18.5. The summed E-state index contributed by atoms with van der Waals surface area (Å²) in [6.45, 7) is 0. The molecule has 2 heterocycles. The number of ether oxygens (including phenoxy) is 1. The number of hydrogen-bond donors (Lipinski definition) is 1. The molecule has 4 aromatic rings. The van der Waals surface area contributed by atoms with Gasteiger partial charge < -0.3 is 4.74 Å². The molecule has 0 saturated heterocycles. The Bertz CT molecular complexity index is 1130. The van der Waals surface area contributed by atoms with Gasteiger partial charge in [0.1, 0.15) is 5.75 Å². The van der Waals surface area contributed by atoms with Gasteiger partial charge in [-0.3, -0.25) is 9.89 Å². The molecule has 0 radical (unpaired) electrons. The number of aromatic amines is 1. The lowest BCUT2D eigenvalue weighted by atomic mass is 10.1. The highest BCUT2D eigenvalue weighted by Gasteiger charge is 2.14. The SMILES string of the molecule is COc1ccccc1-c1c[nH]n2c(=O)cc(-c3ccc(SC)cc3)nc12. The molecular weight excluding hydrogens is 346 g/mol. The number of para-hydroxylation sites is 1. The highest BCUT2D eigenvalue weighted by atomic mass is 32.2. The predicted molar refractivity (Wildman–Crippen MR) is 105 cm³/mol. The van der Waals surface area contributed by atoms with E-state index in [2.05, 4.69) is 5.10 Å². The highest BCUT2D eigenvalue weighted by molar-refractivity contribution is 7.98. The summed E-state index contributed by atoms with van der Waals surface area (Å²) >= 11 is 1.68. The van der Waals surface area contributed by atoms with Gasteiger partial charge in [0.2, 0.25) is 0 Å². The van der Waals surface area contributed by atoms with Crippen molar-refractivity contribution in [3.05, 3.63) is 71.1 Å². The van der Waals surface area contributed by atoms with Gasteiger partial charge in [-0.2, -0.15) is 0 Å². The van der Waals surface area contributed by atoms with Crippen LogP contribution in [0.1, 0.15) is 0 Å². The molecule has 130 valence electrons. The van der Waals surface area contributed by atoms with Gasteiger partial charge in [0.15, 0.2) is 5.65 Å². The Morgan fingerprint density at radius 2 is 1.85 bits per heavy atom. The van der Waals surface area contributed by atoms with Gasteiger partial charge in [-0.15, -0.1) is 11.8 Å². The van der Waals surface area contributed by atoms with E-state index in [9.17, 15) is 4.79 Å². The van der Waals surface area contributed by atoms with Crippen molar-refractivity contribution < 1.29 is 4.74 Å². The lowest BCUT2D eigenvalue weighted by molar-refractivity contribution is 0.416. The van der Waals surface area contributed by atoms with Crippen LogP contribution in [-0.2, 0) is 0 Å². The predicted octanol–water partition coefficient (Wildman–Crippen LogP) is 4.09. The van der Waals surface area contributed by atoms with Crippen molar-refractivity contribution >= 4 is 17.4 Å². The van der Waals surface area contributed by atoms with Crippen LogP contribution in [0.15, 0.2) is 70.5 Å². The van der Waals surface area contributed by atoms with Gasteiger partial charge in [-0.1, -0.05) is 30.3 Å². The smallest absolute Gasteiger partial charge is 0.273 e. The lowest BCUT2D eigenvalue weighted by Crippen LogP contribution is -2.14. The standard InChI is InChI=1S/C20H17N3O2S/c1-25-18-6-4-3-5-15(18)16-12-21-23-19(24)11-17(22-20(16)23)13-7-9-14(26-2)10-8-13/h3-12,21H,1-2H3. The van der Waals surface area contributed by atoms with E-state index < -0.39 is 0 Å². The third-order valence-electron chi connectivity index (χ3n) is 4.28. The maximum atomic E-state index is 12.6. The molecule has 0 unspecified atom stereocenters. The number of thioether (sulfide) groups is 1. The zero-order valence-corrected chi connectivity index (χ0v) is 15.2. The van der Waals surface area contributed by atoms with Crippen LogP contribution in [0.5, 0.6) is 5.75 Å². The fourth-order valence-electron chi connectivity index (χ4n) is 2.96. The summed E-state index contributed by atoms with van der Waals surface area (Å²) in [5, 5.41) is 2.99. The minimum Gasteiger partial charge on any atom is -0.496 e. The van der Waals surface area contributed by atoms with E-state index in [1.807, 2.05) is 54.8 Å². The van der Waals surface area contributed by atoms with E-state index in [1.54, 1.807) is 31.1 Å². The first-order valence-corrected chi connectivity index (χ1v) is 9.33. The van der Waals surface area contributed by atoms with Crippen molar-refractivity contribution in [1.29, 1.82) is 0 Å². The molecule has 0 atom stereocenters. The third kappa shape index (κ3) is 2.78. The summed E-state index contributed by atoms with van der Waals surface area (Å²) in [5.41, 5.74) is 3.69. The van der Waals surface area contributed by atoms with Gasteiger partial charge in [-0.05, 0) is 24.5 Å². The molecule has 0 fully saturated rings. The molecule has 0 spiro atoms. The average Bonchev–Trinajstić information content (AvgIpc) is 3.12. The minimum atomic E-state index is -0.153. The van der Waals surface area contributed by atoms with Gasteiger partial charge in [0.05, 0.1) is 12.8 Å². The zero-order valence-electron chi connectivity index (χ0n) is 14.4. The molecule has 6 heteroatoms. The van der Waals surface area contributed by atoms with Crippen molar-refractivity contribution in [1.82, 2.24) is 14.6 Å². The summed E-state index contributed by atoms with van der Waals surface area (Å²) < 4.78 is 6.90. The first-order chi connectivity index (χ1) is 12.7. The Labute approximate surface area is 154 Å². The van der Waals surface area contributed by atoms with Crippen LogP contribution in [0, 0.1) is 0 Å². The number of nitrogens with zero attached hydrogens (tertiary/aromatic N) is 2. The Hall–Kier alpha value is -2.99. The van der Waals surface area contributed by atoms with E-state index in [0.717, 1.165) is 22.4 Å². The molecule has 2 aromatic carbocycles. The zero-order chi connectivity index (χ0) is 18.1.